The summed E-state index contributed by atoms with van der Waals surface area (Å²) in [6, 6.07) is 28.6. The number of nitrogens with zero attached hydrogens (tertiary/aromatic N) is 7. The van der Waals surface area contributed by atoms with E-state index >= 15 is 0 Å². The summed E-state index contributed by atoms with van der Waals surface area (Å²) >= 11 is 24.1. The van der Waals surface area contributed by atoms with E-state index < -0.39 is 42.4 Å². The van der Waals surface area contributed by atoms with Crippen LogP contribution in [-0.4, -0.2) is 91.4 Å². The molecule has 0 unspecified atom stereocenters. The van der Waals surface area contributed by atoms with E-state index in [0.717, 1.165) is 0 Å². The average Bonchev–Trinajstić information content (AvgIpc) is 1.81. The standard InChI is InChI=1S/C23H20FN5O4.2C18H9Cl2F2N3O3/c1-14(30)26-12-18-13-29(23(32)33-18)17-5-6-19(20(24)9-17)15-4-7-21(27-11-15)28-22(31)16-3-2-8-25-10-16;2*19-12-7-14-13(27-18(21,22)28-14)6-11(12)9-3-4-15(24-8-9)25-17(26)10-2-1-5-23-16(10)20/h2-11,18H,12-13H2,1H3,(H,26,30)(H,27,28,31);2*1-8H,(H,24,25,26)/t18-;;/m1../s1. The van der Waals surface area contributed by atoms with Crippen molar-refractivity contribution in [1.82, 2.24) is 35.2 Å². The Morgan fingerprint density at radius 3 is 1.45 bits per heavy atom. The first-order chi connectivity index (χ1) is 42.5. The molecule has 3 aliphatic heterocycles. The number of cyclic esters (lactones) is 1. The molecule has 1 atom stereocenters. The van der Waals surface area contributed by atoms with Crippen LogP contribution in [0.25, 0.3) is 33.4 Å². The molecule has 89 heavy (non-hydrogen) atoms. The van der Waals surface area contributed by atoms with E-state index in [2.05, 4.69) is 70.1 Å². The van der Waals surface area contributed by atoms with Crippen molar-refractivity contribution in [1.29, 1.82) is 0 Å². The first-order valence-electron chi connectivity index (χ1n) is 25.7. The molecule has 3 aliphatic rings. The maximum Gasteiger partial charge on any atom is 0.586 e. The van der Waals surface area contributed by atoms with Crippen LogP contribution in [0, 0.1) is 5.82 Å². The third-order valence-electron chi connectivity index (χ3n) is 12.6. The number of nitrogens with one attached hydrogen (secondary N) is 4. The second kappa shape index (κ2) is 26.4. The third kappa shape index (κ3) is 15.1. The van der Waals surface area contributed by atoms with Gasteiger partial charge in [0, 0.05) is 95.8 Å². The number of rotatable bonds is 12. The highest BCUT2D eigenvalue weighted by Gasteiger charge is 2.45. The molecule has 4 N–H and O–H groups in total. The Bertz CT molecular complexity index is 4020. The zero-order valence-corrected chi connectivity index (χ0v) is 48.1. The van der Waals surface area contributed by atoms with Gasteiger partial charge in [-0.2, -0.15) is 0 Å². The smallest absolute Gasteiger partial charge is 0.442 e. The van der Waals surface area contributed by atoms with Crippen molar-refractivity contribution in [2.75, 3.05) is 33.9 Å². The number of pyridine rings is 6. The predicted octanol–water partition coefficient (Wildman–Crippen LogP) is 13.0. The van der Waals surface area contributed by atoms with E-state index in [-0.39, 0.29) is 91.0 Å². The van der Waals surface area contributed by atoms with Gasteiger partial charge in [-0.15, -0.1) is 17.6 Å². The number of anilines is 4. The molecule has 5 amide bonds. The largest absolute Gasteiger partial charge is 0.586 e. The first kappa shape index (κ1) is 61.8. The van der Waals surface area contributed by atoms with Crippen LogP contribution in [0.4, 0.5) is 49.9 Å². The van der Waals surface area contributed by atoms with Crippen molar-refractivity contribution in [3.05, 3.63) is 201 Å². The topological polar surface area (TPSA) is 260 Å². The van der Waals surface area contributed by atoms with Gasteiger partial charge in [-0.25, -0.2) is 34.1 Å². The molecule has 3 aromatic carbocycles. The Morgan fingerprint density at radius 2 is 1.02 bits per heavy atom. The number of aromatic nitrogens is 6. The van der Waals surface area contributed by atoms with Gasteiger partial charge in [-0.3, -0.25) is 29.1 Å². The van der Waals surface area contributed by atoms with Crippen LogP contribution in [0.3, 0.4) is 0 Å². The van der Waals surface area contributed by atoms with E-state index in [1.165, 1.54) is 104 Å². The zero-order chi connectivity index (χ0) is 63.1. The summed E-state index contributed by atoms with van der Waals surface area (Å²) in [7, 11) is 0. The normalized spacial score (nSPS) is 14.4. The Hall–Kier alpha value is -10.3. The fourth-order valence-electron chi connectivity index (χ4n) is 8.43. The number of ether oxygens (including phenoxy) is 5. The van der Waals surface area contributed by atoms with Crippen LogP contribution in [0.15, 0.2) is 159 Å². The van der Waals surface area contributed by atoms with Crippen molar-refractivity contribution in [2.45, 2.75) is 25.6 Å². The number of alkyl halides is 4. The number of hydrogen-bond acceptors (Lipinski definition) is 16. The Kier molecular flexibility index (Phi) is 18.3. The molecule has 1 fully saturated rings. The molecular formula is C59H38Cl4F5N11O10. The summed E-state index contributed by atoms with van der Waals surface area (Å²) in [5.74, 6) is -1.79. The maximum atomic E-state index is 14.9. The summed E-state index contributed by atoms with van der Waals surface area (Å²) in [5, 5.41) is 10.9. The van der Waals surface area contributed by atoms with Crippen LogP contribution < -0.4 is 45.1 Å². The predicted molar refractivity (Wildman–Crippen MR) is 314 cm³/mol. The van der Waals surface area contributed by atoms with Crippen LogP contribution in [0.5, 0.6) is 23.0 Å². The number of carbonyl (C=O) groups excluding carboxylic acids is 5. The van der Waals surface area contributed by atoms with Crippen LogP contribution in [0.1, 0.15) is 38.0 Å². The van der Waals surface area contributed by atoms with Gasteiger partial charge in [0.25, 0.3) is 17.7 Å². The molecule has 452 valence electrons. The van der Waals surface area contributed by atoms with Gasteiger partial charge in [0.15, 0.2) is 23.0 Å². The molecule has 0 aliphatic carbocycles. The second-order valence-corrected chi connectivity index (χ2v) is 20.2. The van der Waals surface area contributed by atoms with Crippen molar-refractivity contribution in [3.8, 4) is 56.4 Å². The highest BCUT2D eigenvalue weighted by Crippen LogP contribution is 2.47. The van der Waals surface area contributed by atoms with Gasteiger partial charge in [0.2, 0.25) is 5.91 Å². The van der Waals surface area contributed by atoms with Gasteiger partial charge in [0.05, 0.1) is 45.5 Å². The highest BCUT2D eigenvalue weighted by atomic mass is 35.5. The molecule has 6 aromatic heterocycles. The van der Waals surface area contributed by atoms with Crippen molar-refractivity contribution in [2.24, 2.45) is 0 Å². The van der Waals surface area contributed by atoms with Crippen LogP contribution in [0.2, 0.25) is 20.4 Å². The summed E-state index contributed by atoms with van der Waals surface area (Å²) in [4.78, 5) is 85.2. The number of benzene rings is 3. The minimum atomic E-state index is -3.73. The number of fused-ring (bicyclic) bond motifs is 2. The van der Waals surface area contributed by atoms with Gasteiger partial charge in [-0.05, 0) is 103 Å². The maximum absolute atomic E-state index is 14.9. The van der Waals surface area contributed by atoms with Gasteiger partial charge >= 0.3 is 18.7 Å². The summed E-state index contributed by atoms with van der Waals surface area (Å²) in [6.45, 7) is 1.76. The fraction of sp³-hybridized carbons (Fsp3) is 0.102. The fourth-order valence-corrected chi connectivity index (χ4v) is 9.37. The molecule has 12 rings (SSSR count). The summed E-state index contributed by atoms with van der Waals surface area (Å²) in [5.41, 5.74) is 3.84. The lowest BCUT2D eigenvalue weighted by atomic mass is 10.1. The van der Waals surface area contributed by atoms with Crippen molar-refractivity contribution in [3.63, 3.8) is 0 Å². The van der Waals surface area contributed by atoms with Crippen LogP contribution in [-0.2, 0) is 9.53 Å². The number of amides is 5. The SMILES string of the molecule is CC(=O)NC[C@@H]1CN(c2ccc(-c3ccc(NC(=O)c4cccnc4)nc3)c(F)c2)C(=O)O1.O=C(Nc1ccc(-c2cc3c(cc2Cl)OC(F)(F)O3)cn1)c1cccnc1Cl.O=C(Nc1ccc(-c2cc3c(cc2Cl)OC(F)(F)O3)cn1)c1cccnc1Cl. The van der Waals surface area contributed by atoms with E-state index in [1.807, 2.05) is 0 Å². The van der Waals surface area contributed by atoms with Crippen LogP contribution >= 0.6 is 46.4 Å². The lowest BCUT2D eigenvalue weighted by Gasteiger charge is -2.14. The molecule has 21 nitrogen and oxygen atoms in total. The summed E-state index contributed by atoms with van der Waals surface area (Å²) < 4.78 is 90.4. The molecule has 0 spiro atoms. The minimum absolute atomic E-state index is 0.0700. The average molecular weight is 1300 g/mol. The van der Waals surface area contributed by atoms with Gasteiger partial charge in [-0.1, -0.05) is 46.4 Å². The molecule has 9 aromatic rings. The molecule has 0 saturated carbocycles. The number of halogens is 9. The monoisotopic (exact) mass is 1300 g/mol. The Morgan fingerprint density at radius 1 is 0.562 bits per heavy atom. The quantitative estimate of drug-likeness (QED) is 0.0654. The van der Waals surface area contributed by atoms with E-state index in [4.69, 9.17) is 51.1 Å². The molecule has 30 heteroatoms. The summed E-state index contributed by atoms with van der Waals surface area (Å²) in [6.07, 6.45) is 1.69. The lowest BCUT2D eigenvalue weighted by Crippen LogP contribution is -2.33. The van der Waals surface area contributed by atoms with E-state index in [1.54, 1.807) is 66.9 Å². The molecular weight excluding hydrogens is 1260 g/mol. The molecule has 0 bridgehead atoms. The lowest BCUT2D eigenvalue weighted by molar-refractivity contribution is -0.287. The molecule has 0 radical (unpaired) electrons. The second-order valence-electron chi connectivity index (χ2n) is 18.7. The Labute approximate surface area is 519 Å². The first-order valence-corrected chi connectivity index (χ1v) is 27.2. The molecule has 1 saturated heterocycles. The highest BCUT2D eigenvalue weighted by molar-refractivity contribution is 6.35. The van der Waals surface area contributed by atoms with Gasteiger partial charge in [0.1, 0.15) is 39.7 Å². The van der Waals surface area contributed by atoms with E-state index in [9.17, 15) is 45.9 Å². The van der Waals surface area contributed by atoms with Crippen molar-refractivity contribution < 1.29 is 69.6 Å². The van der Waals surface area contributed by atoms with Gasteiger partial charge < -0.3 is 45.0 Å². The molecule has 9 heterocycles. The van der Waals surface area contributed by atoms with Crippen molar-refractivity contribution >= 4 is 99.3 Å². The third-order valence-corrected chi connectivity index (χ3v) is 13.8. The van der Waals surface area contributed by atoms with E-state index in [0.29, 0.717) is 50.4 Å². The number of carbonyl (C=O) groups is 5. The number of hydrogen-bond donors (Lipinski definition) is 4. The minimum Gasteiger partial charge on any atom is -0.442 e. The Balaban J connectivity index is 0.000000148. The zero-order valence-electron chi connectivity index (χ0n) is 45.1.